The zero-order valence-corrected chi connectivity index (χ0v) is 22.7. The monoisotopic (exact) mass is 526 g/mol. The van der Waals surface area contributed by atoms with Gasteiger partial charge in [0.2, 0.25) is 0 Å². The summed E-state index contributed by atoms with van der Waals surface area (Å²) >= 11 is 3.07. The fourth-order valence-corrected chi connectivity index (χ4v) is 4.55. The van der Waals surface area contributed by atoms with Crippen LogP contribution in [0.1, 0.15) is 51.9 Å². The molecule has 4 rings (SSSR count). The van der Waals surface area contributed by atoms with Gasteiger partial charge < -0.3 is 9.84 Å². The molecule has 0 aliphatic rings. The van der Waals surface area contributed by atoms with Crippen LogP contribution in [0.25, 0.3) is 30.6 Å². The Labute approximate surface area is 218 Å². The van der Waals surface area contributed by atoms with E-state index in [1.807, 2.05) is 74.7 Å². The average molecular weight is 527 g/mol. The highest BCUT2D eigenvalue weighted by atomic mass is 32.1. The highest BCUT2D eigenvalue weighted by molar-refractivity contribution is 7.18. The van der Waals surface area contributed by atoms with Crippen LogP contribution in [-0.4, -0.2) is 28.3 Å². The van der Waals surface area contributed by atoms with Crippen LogP contribution in [0.5, 0.6) is 0 Å². The Morgan fingerprint density at radius 3 is 1.97 bits per heavy atom. The van der Waals surface area contributed by atoms with Gasteiger partial charge in [-0.1, -0.05) is 36.4 Å². The number of azide groups is 1. The summed E-state index contributed by atoms with van der Waals surface area (Å²) in [5.74, 6) is -0.523. The first-order valence-electron chi connectivity index (χ1n) is 11.0. The minimum absolute atomic E-state index is 0.416. The van der Waals surface area contributed by atoms with Crippen molar-refractivity contribution >= 4 is 60.5 Å². The summed E-state index contributed by atoms with van der Waals surface area (Å²) in [5.41, 5.74) is 8.45. The Kier molecular flexibility index (Phi) is 10.0. The summed E-state index contributed by atoms with van der Waals surface area (Å²) in [6.45, 7) is 10.8. The number of carbonyl (C=O) groups excluding carboxylic acids is 2. The van der Waals surface area contributed by atoms with E-state index in [-0.39, 0.29) is 0 Å². The minimum atomic E-state index is -0.523. The number of nitrogens with zero attached hydrogens (tertiary/aromatic N) is 3. The number of carbonyl (C=O) groups is 2. The lowest BCUT2D eigenvalue weighted by molar-refractivity contribution is 0.0635. The van der Waals surface area contributed by atoms with E-state index in [9.17, 15) is 9.59 Å². The van der Waals surface area contributed by atoms with E-state index in [4.69, 9.17) is 15.4 Å². The van der Waals surface area contributed by atoms with Crippen molar-refractivity contribution in [2.45, 2.75) is 52.7 Å². The second kappa shape index (κ2) is 12.5. The number of aliphatic hydroxyl groups is 1. The van der Waals surface area contributed by atoms with Gasteiger partial charge in [0.1, 0.15) is 5.60 Å². The van der Waals surface area contributed by atoms with Crippen LogP contribution in [0.15, 0.2) is 64.4 Å². The number of thiophene rings is 2. The molecule has 4 aromatic rings. The molecule has 36 heavy (non-hydrogen) atoms. The summed E-state index contributed by atoms with van der Waals surface area (Å²) in [7, 11) is 0. The van der Waals surface area contributed by atoms with Crippen molar-refractivity contribution in [2.24, 2.45) is 5.11 Å². The van der Waals surface area contributed by atoms with Crippen LogP contribution in [0, 0.1) is 0 Å². The molecule has 190 valence electrons. The van der Waals surface area contributed by atoms with E-state index >= 15 is 0 Å². The molecule has 10 heteroatoms. The van der Waals surface area contributed by atoms with Crippen LogP contribution in [0.3, 0.4) is 0 Å². The molecule has 2 aromatic heterocycles. The van der Waals surface area contributed by atoms with Crippen molar-refractivity contribution in [3.8, 4) is 0 Å². The number of benzene rings is 2. The third-order valence-corrected chi connectivity index (χ3v) is 5.89. The Bertz CT molecular complexity index is 1370. The average Bonchev–Trinajstić information content (AvgIpc) is 3.36. The number of hydrogen-bond acceptors (Lipinski definition) is 6. The maximum atomic E-state index is 11.6. The normalized spacial score (nSPS) is 10.9. The third-order valence-electron chi connectivity index (χ3n) is 3.96. The molecule has 0 bridgehead atoms. The topological polar surface area (TPSA) is 124 Å². The second-order valence-corrected chi connectivity index (χ2v) is 11.4. The summed E-state index contributed by atoms with van der Waals surface area (Å²) in [4.78, 5) is 25.4. The summed E-state index contributed by atoms with van der Waals surface area (Å²) in [6.07, 6.45) is -0.416. The number of rotatable bonds is 2. The van der Waals surface area contributed by atoms with E-state index in [0.717, 1.165) is 25.9 Å². The van der Waals surface area contributed by atoms with E-state index in [1.54, 1.807) is 37.5 Å². The van der Waals surface area contributed by atoms with Crippen molar-refractivity contribution < 1.29 is 19.4 Å². The van der Waals surface area contributed by atoms with Gasteiger partial charge in [-0.3, -0.25) is 10.1 Å². The molecule has 8 nitrogen and oxygen atoms in total. The number of nitrogens with one attached hydrogen (secondary N) is 1. The SMILES string of the molecule is CC(C)(C)O.CC(C)(C)OC(=O)Nc1csc2ccccc12.[N-]=[N+]=NC(=O)c1csc2ccccc12. The Hall–Kier alpha value is -3.43. The first kappa shape index (κ1) is 28.8. The molecule has 2 amide bonds. The zero-order valence-electron chi connectivity index (χ0n) is 21.1. The Morgan fingerprint density at radius 1 is 0.917 bits per heavy atom. The van der Waals surface area contributed by atoms with Gasteiger partial charge >= 0.3 is 6.09 Å². The van der Waals surface area contributed by atoms with Crippen LogP contribution in [0.4, 0.5) is 10.5 Å². The molecular weight excluding hydrogens is 496 g/mol. The summed E-state index contributed by atoms with van der Waals surface area (Å²) in [6, 6.07) is 15.5. The minimum Gasteiger partial charge on any atom is -0.444 e. The molecule has 2 aromatic carbocycles. The van der Waals surface area contributed by atoms with Gasteiger partial charge in [-0.15, -0.1) is 22.7 Å². The van der Waals surface area contributed by atoms with E-state index in [2.05, 4.69) is 15.3 Å². The standard InChI is InChI=1S/C13H15NO2S.C9H5N3OS.C4H10O/c1-13(2,3)16-12(15)14-10-8-17-11-7-5-4-6-9(10)11;10-12-11-9(13)7-5-14-8-4-2-1-3-6(7)8;1-4(2,3)5/h4-8H,1-3H3,(H,14,15);1-5H;5H,1-3H3. The van der Waals surface area contributed by atoms with Crippen LogP contribution >= 0.6 is 22.7 Å². The van der Waals surface area contributed by atoms with Gasteiger partial charge in [0.05, 0.1) is 11.3 Å². The zero-order chi connectivity index (χ0) is 26.9. The van der Waals surface area contributed by atoms with Crippen LogP contribution in [0.2, 0.25) is 0 Å². The third kappa shape index (κ3) is 9.67. The predicted octanol–water partition coefficient (Wildman–Crippen LogP) is 8.38. The van der Waals surface area contributed by atoms with Gasteiger partial charge in [-0.05, 0) is 64.3 Å². The Morgan fingerprint density at radius 2 is 1.42 bits per heavy atom. The number of fused-ring (bicyclic) bond motifs is 2. The van der Waals surface area contributed by atoms with E-state index in [1.165, 1.54) is 11.3 Å². The first-order valence-corrected chi connectivity index (χ1v) is 12.8. The molecule has 0 atom stereocenters. The molecule has 2 N–H and O–H groups in total. The highest BCUT2D eigenvalue weighted by Crippen LogP contribution is 2.30. The molecule has 0 unspecified atom stereocenters. The smallest absolute Gasteiger partial charge is 0.412 e. The number of ether oxygens (including phenoxy) is 1. The molecule has 2 heterocycles. The lowest BCUT2D eigenvalue weighted by atomic mass is 10.2. The number of hydrogen-bond donors (Lipinski definition) is 2. The quantitative estimate of drug-likeness (QED) is 0.155. The molecule has 0 aliphatic heterocycles. The van der Waals surface area contributed by atoms with Gasteiger partial charge in [-0.25, -0.2) is 4.79 Å². The van der Waals surface area contributed by atoms with E-state index < -0.39 is 23.2 Å². The maximum Gasteiger partial charge on any atom is 0.412 e. The molecule has 0 aliphatic carbocycles. The molecule has 0 saturated carbocycles. The Balaban J connectivity index is 0.000000217. The predicted molar refractivity (Wildman–Crippen MR) is 149 cm³/mol. The van der Waals surface area contributed by atoms with Crippen molar-refractivity contribution in [3.63, 3.8) is 0 Å². The first-order chi connectivity index (χ1) is 16.8. The van der Waals surface area contributed by atoms with Crippen LogP contribution < -0.4 is 5.32 Å². The lowest BCUT2D eigenvalue weighted by Gasteiger charge is -2.19. The summed E-state index contributed by atoms with van der Waals surface area (Å²) in [5, 5.41) is 19.9. The van der Waals surface area contributed by atoms with Crippen molar-refractivity contribution in [2.75, 3.05) is 5.32 Å². The molecule has 0 saturated heterocycles. The highest BCUT2D eigenvalue weighted by Gasteiger charge is 2.17. The maximum absolute atomic E-state index is 11.6. The van der Waals surface area contributed by atoms with Crippen molar-refractivity contribution in [1.82, 2.24) is 0 Å². The molecule has 0 fully saturated rings. The lowest BCUT2D eigenvalue weighted by Crippen LogP contribution is -2.27. The van der Waals surface area contributed by atoms with Gasteiger partial charge in [0.15, 0.2) is 0 Å². The van der Waals surface area contributed by atoms with Crippen molar-refractivity contribution in [3.05, 3.63) is 75.3 Å². The fourth-order valence-electron chi connectivity index (χ4n) is 2.73. The van der Waals surface area contributed by atoms with Crippen molar-refractivity contribution in [1.29, 1.82) is 0 Å². The van der Waals surface area contributed by atoms with Gasteiger partial charge in [-0.2, -0.15) is 0 Å². The number of amides is 2. The van der Waals surface area contributed by atoms with Crippen LogP contribution in [-0.2, 0) is 4.74 Å². The molecular formula is C26H30N4O4S2. The van der Waals surface area contributed by atoms with Gasteiger partial charge in [0, 0.05) is 41.4 Å². The molecule has 0 radical (unpaired) electrons. The summed E-state index contributed by atoms with van der Waals surface area (Å²) < 4.78 is 7.38. The fraction of sp³-hybridized carbons (Fsp3) is 0.308. The number of anilines is 1. The second-order valence-electron chi connectivity index (χ2n) is 9.58. The largest absolute Gasteiger partial charge is 0.444 e. The molecule has 0 spiro atoms. The van der Waals surface area contributed by atoms with Gasteiger partial charge in [0.25, 0.3) is 5.91 Å². The van der Waals surface area contributed by atoms with E-state index in [0.29, 0.717) is 5.56 Å².